The van der Waals surface area contributed by atoms with Gasteiger partial charge >= 0.3 is 5.97 Å². The minimum absolute atomic E-state index is 0.127. The molecular formula is C24H28N4O3S2. The Morgan fingerprint density at radius 3 is 2.61 bits per heavy atom. The average Bonchev–Trinajstić information content (AvgIpc) is 3.41. The third kappa shape index (κ3) is 5.91. The lowest BCUT2D eigenvalue weighted by atomic mass is 10.0. The highest BCUT2D eigenvalue weighted by Crippen LogP contribution is 2.30. The van der Waals surface area contributed by atoms with E-state index in [0.717, 1.165) is 22.7 Å². The maximum absolute atomic E-state index is 12.6. The number of thiophene rings is 1. The molecule has 0 unspecified atom stereocenters. The third-order valence-electron chi connectivity index (χ3n) is 4.99. The molecule has 0 aliphatic heterocycles. The van der Waals surface area contributed by atoms with E-state index in [0.29, 0.717) is 28.2 Å². The van der Waals surface area contributed by atoms with Gasteiger partial charge in [0.15, 0.2) is 11.0 Å². The number of aryl methyl sites for hydroxylation is 1. The van der Waals surface area contributed by atoms with Crippen LogP contribution in [0.15, 0.2) is 48.1 Å². The number of carbonyl (C=O) groups excluding carboxylic acids is 2. The maximum atomic E-state index is 12.6. The number of allylic oxidation sites excluding steroid dienone is 1. The molecule has 2 heterocycles. The van der Waals surface area contributed by atoms with Gasteiger partial charge in [-0.1, -0.05) is 62.9 Å². The zero-order valence-corrected chi connectivity index (χ0v) is 20.9. The predicted molar refractivity (Wildman–Crippen MR) is 134 cm³/mol. The van der Waals surface area contributed by atoms with Crippen molar-refractivity contribution in [3.05, 3.63) is 59.0 Å². The van der Waals surface area contributed by atoms with Crippen LogP contribution in [0.5, 0.6) is 0 Å². The van der Waals surface area contributed by atoms with E-state index in [1.165, 1.54) is 35.8 Å². The Labute approximate surface area is 202 Å². The highest BCUT2D eigenvalue weighted by molar-refractivity contribution is 7.99. The molecule has 1 N–H and O–H groups in total. The van der Waals surface area contributed by atoms with Crippen molar-refractivity contribution in [2.75, 3.05) is 18.2 Å². The Morgan fingerprint density at radius 1 is 1.27 bits per heavy atom. The van der Waals surface area contributed by atoms with Gasteiger partial charge in [-0.05, 0) is 24.0 Å². The maximum Gasteiger partial charge on any atom is 0.340 e. The lowest BCUT2D eigenvalue weighted by molar-refractivity contribution is -0.113. The number of esters is 1. The number of hydrogen-bond donors (Lipinski definition) is 1. The number of anilines is 1. The topological polar surface area (TPSA) is 86.1 Å². The lowest BCUT2D eigenvalue weighted by Gasteiger charge is -2.10. The molecule has 0 radical (unpaired) electrons. The molecule has 0 aliphatic rings. The molecule has 0 spiro atoms. The van der Waals surface area contributed by atoms with E-state index in [9.17, 15) is 9.59 Å². The molecule has 7 nitrogen and oxygen atoms in total. The molecule has 0 bridgehead atoms. The highest BCUT2D eigenvalue weighted by Gasteiger charge is 2.19. The molecular weight excluding hydrogens is 456 g/mol. The van der Waals surface area contributed by atoms with Gasteiger partial charge in [-0.3, -0.25) is 9.36 Å². The van der Waals surface area contributed by atoms with Gasteiger partial charge in [0, 0.05) is 17.0 Å². The second kappa shape index (κ2) is 11.3. The summed E-state index contributed by atoms with van der Waals surface area (Å²) in [5, 5.41) is 12.6. The number of methoxy groups -OCH3 is 1. The zero-order chi connectivity index (χ0) is 24.0. The Hall–Kier alpha value is -2.91. The van der Waals surface area contributed by atoms with E-state index in [4.69, 9.17) is 4.74 Å². The summed E-state index contributed by atoms with van der Waals surface area (Å²) in [7, 11) is 1.33. The van der Waals surface area contributed by atoms with Gasteiger partial charge in [0.2, 0.25) is 5.91 Å². The van der Waals surface area contributed by atoms with Crippen LogP contribution in [0, 0.1) is 0 Å². The van der Waals surface area contributed by atoms with Crippen molar-refractivity contribution in [2.24, 2.45) is 0 Å². The van der Waals surface area contributed by atoms with Crippen molar-refractivity contribution >= 4 is 40.0 Å². The average molecular weight is 485 g/mol. The summed E-state index contributed by atoms with van der Waals surface area (Å²) in [6.45, 7) is 10.7. The molecule has 0 aliphatic carbocycles. The van der Waals surface area contributed by atoms with E-state index < -0.39 is 5.97 Å². The minimum atomic E-state index is -0.465. The molecule has 0 atom stereocenters. The van der Waals surface area contributed by atoms with Crippen LogP contribution in [0.25, 0.3) is 11.4 Å². The monoisotopic (exact) mass is 484 g/mol. The summed E-state index contributed by atoms with van der Waals surface area (Å²) in [4.78, 5) is 25.7. The van der Waals surface area contributed by atoms with Crippen LogP contribution < -0.4 is 5.32 Å². The minimum Gasteiger partial charge on any atom is -0.465 e. The molecule has 0 fully saturated rings. The van der Waals surface area contributed by atoms with Crippen LogP contribution in [0.2, 0.25) is 0 Å². The zero-order valence-electron chi connectivity index (χ0n) is 19.3. The Bertz CT molecular complexity index is 1130. The number of rotatable bonds is 10. The first-order valence-electron chi connectivity index (χ1n) is 10.7. The van der Waals surface area contributed by atoms with Crippen molar-refractivity contribution in [1.82, 2.24) is 14.8 Å². The van der Waals surface area contributed by atoms with Crippen LogP contribution >= 0.6 is 23.1 Å². The fourth-order valence-corrected chi connectivity index (χ4v) is 4.93. The van der Waals surface area contributed by atoms with Gasteiger partial charge in [0.1, 0.15) is 5.00 Å². The molecule has 1 amide bonds. The highest BCUT2D eigenvalue weighted by atomic mass is 32.2. The number of amides is 1. The number of ether oxygens (including phenoxy) is 1. The molecule has 33 heavy (non-hydrogen) atoms. The first kappa shape index (κ1) is 24.7. The largest absolute Gasteiger partial charge is 0.465 e. The van der Waals surface area contributed by atoms with E-state index in [2.05, 4.69) is 48.1 Å². The van der Waals surface area contributed by atoms with Crippen LogP contribution in [0.4, 0.5) is 5.00 Å². The third-order valence-corrected chi connectivity index (χ3v) is 7.15. The second-order valence-corrected chi connectivity index (χ2v) is 9.70. The number of thioether (sulfide) groups is 1. The smallest absolute Gasteiger partial charge is 0.340 e. The summed E-state index contributed by atoms with van der Waals surface area (Å²) in [6.07, 6.45) is 2.55. The van der Waals surface area contributed by atoms with Crippen LogP contribution in [-0.2, 0) is 22.5 Å². The number of nitrogens with one attached hydrogen (secondary N) is 1. The van der Waals surface area contributed by atoms with Crippen molar-refractivity contribution in [3.63, 3.8) is 0 Å². The van der Waals surface area contributed by atoms with Crippen LogP contribution in [-0.4, -0.2) is 39.5 Å². The molecule has 2 aromatic heterocycles. The standard InChI is InChI=1S/C24H28N4O3S2/c1-6-12-28-21(17-10-8-16(9-11-17)15(3)4)26-27-24(28)32-14-20(29)25-22-19(23(30)31-5)13-18(7-2)33-22/h6,8-11,13,15H,1,7,12,14H2,2-5H3,(H,25,29). The number of benzene rings is 1. The summed E-state index contributed by atoms with van der Waals surface area (Å²) in [5.41, 5.74) is 2.59. The van der Waals surface area contributed by atoms with E-state index in [1.807, 2.05) is 23.6 Å². The first-order chi connectivity index (χ1) is 15.9. The van der Waals surface area contributed by atoms with Crippen molar-refractivity contribution in [2.45, 2.75) is 44.8 Å². The van der Waals surface area contributed by atoms with Gasteiger partial charge in [-0.25, -0.2) is 4.79 Å². The quantitative estimate of drug-likeness (QED) is 0.236. The summed E-state index contributed by atoms with van der Waals surface area (Å²) in [6, 6.07) is 10.0. The molecule has 9 heteroatoms. The molecule has 1 aromatic carbocycles. The Balaban J connectivity index is 1.74. The van der Waals surface area contributed by atoms with Crippen LogP contribution in [0.3, 0.4) is 0 Å². The number of hydrogen-bond acceptors (Lipinski definition) is 7. The lowest BCUT2D eigenvalue weighted by Crippen LogP contribution is -2.16. The Kier molecular flexibility index (Phi) is 8.46. The molecule has 174 valence electrons. The SMILES string of the molecule is C=CCn1c(SCC(=O)Nc2sc(CC)cc2C(=O)OC)nnc1-c1ccc(C(C)C)cc1. The van der Waals surface area contributed by atoms with Crippen molar-refractivity contribution < 1.29 is 14.3 Å². The van der Waals surface area contributed by atoms with Gasteiger partial charge in [0.25, 0.3) is 0 Å². The molecule has 3 rings (SSSR count). The normalized spacial score (nSPS) is 10.9. The summed E-state index contributed by atoms with van der Waals surface area (Å²) in [5.74, 6) is 0.609. The summed E-state index contributed by atoms with van der Waals surface area (Å²) >= 11 is 2.67. The number of aromatic nitrogens is 3. The van der Waals surface area contributed by atoms with E-state index >= 15 is 0 Å². The number of nitrogens with zero attached hydrogens (tertiary/aromatic N) is 3. The molecule has 0 saturated carbocycles. The van der Waals surface area contributed by atoms with Gasteiger partial charge in [0.05, 0.1) is 18.4 Å². The van der Waals surface area contributed by atoms with E-state index in [-0.39, 0.29) is 11.7 Å². The van der Waals surface area contributed by atoms with Gasteiger partial charge in [-0.2, -0.15) is 0 Å². The summed E-state index contributed by atoms with van der Waals surface area (Å²) < 4.78 is 6.77. The van der Waals surface area contributed by atoms with Crippen molar-refractivity contribution in [1.29, 1.82) is 0 Å². The predicted octanol–water partition coefficient (Wildman–Crippen LogP) is 5.40. The van der Waals surface area contributed by atoms with Gasteiger partial charge < -0.3 is 10.1 Å². The van der Waals surface area contributed by atoms with Crippen molar-refractivity contribution in [3.8, 4) is 11.4 Å². The number of carbonyl (C=O) groups is 2. The fourth-order valence-electron chi connectivity index (χ4n) is 3.18. The molecule has 0 saturated heterocycles. The van der Waals surface area contributed by atoms with Gasteiger partial charge in [-0.15, -0.1) is 28.1 Å². The van der Waals surface area contributed by atoms with Crippen LogP contribution in [0.1, 0.15) is 47.5 Å². The second-order valence-electron chi connectivity index (χ2n) is 7.62. The first-order valence-corrected chi connectivity index (χ1v) is 12.5. The Morgan fingerprint density at radius 2 is 2.00 bits per heavy atom. The molecule has 3 aromatic rings. The fraction of sp³-hybridized carbons (Fsp3) is 0.333. The van der Waals surface area contributed by atoms with E-state index in [1.54, 1.807) is 12.1 Å².